The number of primary amides is 1. The quantitative estimate of drug-likeness (QED) is 0.750. The van der Waals surface area contributed by atoms with Crippen molar-refractivity contribution >= 4 is 5.91 Å². The van der Waals surface area contributed by atoms with E-state index < -0.39 is 29.8 Å². The molecule has 0 bridgehead atoms. The summed E-state index contributed by atoms with van der Waals surface area (Å²) in [7, 11) is 1.52. The van der Waals surface area contributed by atoms with Gasteiger partial charge in [-0.25, -0.2) is 0 Å². The van der Waals surface area contributed by atoms with Gasteiger partial charge in [0.25, 0.3) is 0 Å². The zero-order valence-corrected chi connectivity index (χ0v) is 10.4. The number of hydrogen-bond acceptors (Lipinski definition) is 3. The summed E-state index contributed by atoms with van der Waals surface area (Å²) in [5, 5.41) is 2.68. The highest BCUT2D eigenvalue weighted by atomic mass is 19.4. The molecular weight excluding hydrogens is 237 g/mol. The number of nitrogens with one attached hydrogen (secondary N) is 1. The third-order valence-corrected chi connectivity index (χ3v) is 2.69. The van der Waals surface area contributed by atoms with E-state index in [9.17, 15) is 18.0 Å². The number of alkyl halides is 3. The van der Waals surface area contributed by atoms with Crippen LogP contribution in [0.5, 0.6) is 0 Å². The molecule has 0 aromatic carbocycles. The second-order valence-corrected chi connectivity index (χ2v) is 4.28. The lowest BCUT2D eigenvalue weighted by molar-refractivity contribution is -0.226. The highest BCUT2D eigenvalue weighted by molar-refractivity contribution is 5.84. The summed E-state index contributed by atoms with van der Waals surface area (Å²) in [6, 6.07) is 0. The van der Waals surface area contributed by atoms with Crippen LogP contribution in [0.3, 0.4) is 0 Å². The van der Waals surface area contributed by atoms with Crippen molar-refractivity contribution in [1.82, 2.24) is 5.32 Å². The fourth-order valence-corrected chi connectivity index (χ4v) is 1.37. The summed E-state index contributed by atoms with van der Waals surface area (Å²) < 4.78 is 41.5. The molecule has 0 aromatic rings. The van der Waals surface area contributed by atoms with E-state index in [0.717, 1.165) is 6.92 Å². The molecule has 0 fully saturated rings. The first-order chi connectivity index (χ1) is 7.53. The first kappa shape index (κ1) is 16.2. The molecule has 0 saturated heterocycles. The number of carbonyl (C=O) groups excluding carboxylic acids is 1. The van der Waals surface area contributed by atoms with Crippen molar-refractivity contribution < 1.29 is 22.7 Å². The van der Waals surface area contributed by atoms with Crippen LogP contribution >= 0.6 is 0 Å². The van der Waals surface area contributed by atoms with Crippen LogP contribution in [0.4, 0.5) is 13.2 Å². The predicted octanol–water partition coefficient (Wildman–Crippen LogP) is 1.20. The smallest absolute Gasteiger partial charge is 0.368 e. The fraction of sp³-hybridized carbons (Fsp3) is 0.900. The van der Waals surface area contributed by atoms with Crippen LogP contribution in [-0.4, -0.2) is 36.9 Å². The molecule has 0 aliphatic rings. The summed E-state index contributed by atoms with van der Waals surface area (Å²) in [6.07, 6.45) is -6.95. The van der Waals surface area contributed by atoms with Gasteiger partial charge in [-0.1, -0.05) is 0 Å². The number of halogens is 3. The van der Waals surface area contributed by atoms with E-state index in [1.165, 1.54) is 20.9 Å². The number of ether oxygens (including phenoxy) is 1. The number of nitrogens with two attached hydrogens (primary N) is 1. The van der Waals surface area contributed by atoms with Crippen molar-refractivity contribution in [3.8, 4) is 0 Å². The number of amides is 1. The Morgan fingerprint density at radius 2 is 1.88 bits per heavy atom. The van der Waals surface area contributed by atoms with Crippen molar-refractivity contribution in [2.45, 2.75) is 51.1 Å². The molecule has 0 saturated carbocycles. The summed E-state index contributed by atoms with van der Waals surface area (Å²) in [6.45, 7) is 3.92. The minimum atomic E-state index is -4.41. The van der Waals surface area contributed by atoms with Crippen LogP contribution in [0.2, 0.25) is 0 Å². The van der Waals surface area contributed by atoms with Gasteiger partial charge in [0.1, 0.15) is 0 Å². The average molecular weight is 256 g/mol. The highest BCUT2D eigenvalue weighted by Crippen LogP contribution is 2.25. The third-order valence-electron chi connectivity index (χ3n) is 2.69. The van der Waals surface area contributed by atoms with Crippen molar-refractivity contribution in [3.63, 3.8) is 0 Å². The van der Waals surface area contributed by atoms with Gasteiger partial charge in [-0.2, -0.15) is 13.2 Å². The zero-order chi connectivity index (χ0) is 13.9. The summed E-state index contributed by atoms with van der Waals surface area (Å²) in [4.78, 5) is 11.2. The molecule has 7 heteroatoms. The Bertz CT molecular complexity index is 271. The Kier molecular flexibility index (Phi) is 5.41. The van der Waals surface area contributed by atoms with Crippen LogP contribution < -0.4 is 11.1 Å². The van der Waals surface area contributed by atoms with Gasteiger partial charge in [-0.15, -0.1) is 0 Å². The SMILES string of the molecule is CNC(C)(CC(C)OC(C)C(F)(F)F)C(N)=O. The standard InChI is InChI=1S/C10H19F3N2O2/c1-6(17-7(2)10(11,12)13)5-9(3,15-4)8(14)16/h6-7,15H,5H2,1-4H3,(H2,14,16). The Hall–Kier alpha value is -0.820. The molecule has 0 aromatic heterocycles. The van der Waals surface area contributed by atoms with Gasteiger partial charge >= 0.3 is 6.18 Å². The van der Waals surface area contributed by atoms with Gasteiger partial charge in [0, 0.05) is 6.42 Å². The van der Waals surface area contributed by atoms with E-state index >= 15 is 0 Å². The molecule has 0 heterocycles. The van der Waals surface area contributed by atoms with Crippen LogP contribution in [-0.2, 0) is 9.53 Å². The molecule has 0 rings (SSSR count). The molecule has 0 radical (unpaired) electrons. The normalized spacial score (nSPS) is 19.5. The molecule has 1 amide bonds. The van der Waals surface area contributed by atoms with Crippen molar-refractivity contribution in [1.29, 1.82) is 0 Å². The molecule has 0 spiro atoms. The zero-order valence-electron chi connectivity index (χ0n) is 10.4. The van der Waals surface area contributed by atoms with Crippen LogP contribution in [0.15, 0.2) is 0 Å². The van der Waals surface area contributed by atoms with E-state index in [1.54, 1.807) is 0 Å². The lowest BCUT2D eigenvalue weighted by Gasteiger charge is -2.30. The Morgan fingerprint density at radius 1 is 1.41 bits per heavy atom. The van der Waals surface area contributed by atoms with E-state index in [2.05, 4.69) is 5.32 Å². The number of hydrogen-bond donors (Lipinski definition) is 2. The number of rotatable bonds is 6. The third kappa shape index (κ3) is 4.91. The van der Waals surface area contributed by atoms with E-state index in [0.29, 0.717) is 0 Å². The molecule has 0 aliphatic heterocycles. The largest absolute Gasteiger partial charge is 0.414 e. The summed E-state index contributed by atoms with van der Waals surface area (Å²) in [5.74, 6) is -0.630. The van der Waals surface area contributed by atoms with Gasteiger partial charge in [0.2, 0.25) is 5.91 Å². The minimum absolute atomic E-state index is 0.0687. The van der Waals surface area contributed by atoms with Crippen LogP contribution in [0, 0.1) is 0 Å². The molecular formula is C10H19F3N2O2. The number of likely N-dealkylation sites (N-methyl/N-ethyl adjacent to an activating group) is 1. The molecule has 3 unspecified atom stereocenters. The maximum Gasteiger partial charge on any atom is 0.414 e. The van der Waals surface area contributed by atoms with E-state index in [4.69, 9.17) is 10.5 Å². The Labute approximate surface area is 98.7 Å². The molecule has 102 valence electrons. The molecule has 17 heavy (non-hydrogen) atoms. The van der Waals surface area contributed by atoms with Gasteiger partial charge in [-0.3, -0.25) is 4.79 Å². The van der Waals surface area contributed by atoms with Crippen molar-refractivity contribution in [2.24, 2.45) is 5.73 Å². The fourth-order valence-electron chi connectivity index (χ4n) is 1.37. The van der Waals surface area contributed by atoms with Gasteiger partial charge < -0.3 is 15.8 Å². The summed E-state index contributed by atoms with van der Waals surface area (Å²) >= 11 is 0. The van der Waals surface area contributed by atoms with Gasteiger partial charge in [0.05, 0.1) is 11.6 Å². The highest BCUT2D eigenvalue weighted by Gasteiger charge is 2.39. The maximum atomic E-state index is 12.3. The molecule has 3 atom stereocenters. The van der Waals surface area contributed by atoms with Crippen LogP contribution in [0.25, 0.3) is 0 Å². The molecule has 3 N–H and O–H groups in total. The van der Waals surface area contributed by atoms with E-state index in [-0.39, 0.29) is 6.42 Å². The first-order valence-corrected chi connectivity index (χ1v) is 5.24. The Morgan fingerprint density at radius 3 is 2.18 bits per heavy atom. The molecule has 4 nitrogen and oxygen atoms in total. The van der Waals surface area contributed by atoms with Crippen LogP contribution in [0.1, 0.15) is 27.2 Å². The lowest BCUT2D eigenvalue weighted by atomic mass is 9.94. The second kappa shape index (κ2) is 5.68. The van der Waals surface area contributed by atoms with Gasteiger partial charge in [-0.05, 0) is 27.8 Å². The predicted molar refractivity (Wildman–Crippen MR) is 57.3 cm³/mol. The summed E-state index contributed by atoms with van der Waals surface area (Å²) in [5.41, 5.74) is 4.09. The monoisotopic (exact) mass is 256 g/mol. The maximum absolute atomic E-state index is 12.3. The number of carbonyl (C=O) groups is 1. The lowest BCUT2D eigenvalue weighted by Crippen LogP contribution is -2.53. The molecule has 0 aliphatic carbocycles. The first-order valence-electron chi connectivity index (χ1n) is 5.24. The van der Waals surface area contributed by atoms with E-state index in [1.807, 2.05) is 0 Å². The van der Waals surface area contributed by atoms with Crippen molar-refractivity contribution in [3.05, 3.63) is 0 Å². The second-order valence-electron chi connectivity index (χ2n) is 4.28. The minimum Gasteiger partial charge on any atom is -0.368 e. The average Bonchev–Trinajstić information content (AvgIpc) is 2.15. The topological polar surface area (TPSA) is 64.3 Å². The van der Waals surface area contributed by atoms with Gasteiger partial charge in [0.15, 0.2) is 6.10 Å². The van der Waals surface area contributed by atoms with Crippen molar-refractivity contribution in [2.75, 3.05) is 7.05 Å². The Balaban J connectivity index is 4.45.